The molecule has 7 nitrogen and oxygen atoms in total. The van der Waals surface area contributed by atoms with Gasteiger partial charge in [-0.15, -0.1) is 0 Å². The van der Waals surface area contributed by atoms with Crippen molar-refractivity contribution >= 4 is 23.6 Å². The molecule has 4 saturated heterocycles. The van der Waals surface area contributed by atoms with Gasteiger partial charge in [0.15, 0.2) is 0 Å². The van der Waals surface area contributed by atoms with Gasteiger partial charge in [0.05, 0.1) is 22.2 Å². The van der Waals surface area contributed by atoms with Gasteiger partial charge in [-0.05, 0) is 75.1 Å². The first kappa shape index (κ1) is 21.9. The second-order valence-corrected chi connectivity index (χ2v) is 13.2. The van der Waals surface area contributed by atoms with Gasteiger partial charge in [-0.2, -0.15) is 0 Å². The Morgan fingerprint density at radius 1 is 1.14 bits per heavy atom. The summed E-state index contributed by atoms with van der Waals surface area (Å²) in [5, 5.41) is 14.8. The van der Waals surface area contributed by atoms with Crippen molar-refractivity contribution in [3.05, 3.63) is 29.3 Å². The van der Waals surface area contributed by atoms with Crippen molar-refractivity contribution in [3.63, 3.8) is 0 Å². The molecule has 7 aliphatic rings. The summed E-state index contributed by atoms with van der Waals surface area (Å²) in [6.07, 6.45) is 5.87. The Hall–Kier alpha value is -2.38. The minimum absolute atomic E-state index is 0.0120. The molecule has 0 aromatic heterocycles. The fourth-order valence-electron chi connectivity index (χ4n) is 9.17. The van der Waals surface area contributed by atoms with Gasteiger partial charge in [0.1, 0.15) is 16.9 Å². The Morgan fingerprint density at radius 2 is 1.89 bits per heavy atom. The van der Waals surface area contributed by atoms with E-state index in [2.05, 4.69) is 36.2 Å². The molecule has 186 valence electrons. The van der Waals surface area contributed by atoms with Gasteiger partial charge in [0.2, 0.25) is 11.8 Å². The van der Waals surface area contributed by atoms with Crippen LogP contribution >= 0.6 is 0 Å². The topological polar surface area (TPSA) is 82.1 Å². The molecule has 5 atom stereocenters. The summed E-state index contributed by atoms with van der Waals surface area (Å²) in [5.74, 6) is 0.889. The number of carbonyl (C=O) groups is 2. The average molecular weight is 478 g/mol. The van der Waals surface area contributed by atoms with Crippen LogP contribution in [0.25, 0.3) is 6.08 Å². The number of rotatable bonds is 0. The lowest BCUT2D eigenvalue weighted by molar-refractivity contribution is -0.206. The third kappa shape index (κ3) is 2.08. The van der Waals surface area contributed by atoms with E-state index in [0.717, 1.165) is 22.6 Å². The molecule has 6 heterocycles. The van der Waals surface area contributed by atoms with Gasteiger partial charge in [-0.1, -0.05) is 19.9 Å². The molecule has 0 unspecified atom stereocenters. The quantitative estimate of drug-likeness (QED) is 0.601. The molecule has 35 heavy (non-hydrogen) atoms. The van der Waals surface area contributed by atoms with Gasteiger partial charge in [-0.3, -0.25) is 14.5 Å². The number of ether oxygens (including phenoxy) is 1. The van der Waals surface area contributed by atoms with Crippen LogP contribution in [0.15, 0.2) is 18.2 Å². The molecular formula is C28H35N3O4. The molecule has 3 spiro atoms. The maximum absolute atomic E-state index is 14.1. The number of piperazine rings is 1. The van der Waals surface area contributed by atoms with Crippen LogP contribution in [0.5, 0.6) is 5.75 Å². The second-order valence-electron chi connectivity index (χ2n) is 13.2. The summed E-state index contributed by atoms with van der Waals surface area (Å²) in [6.45, 7) is 11.7. The fourth-order valence-corrected chi connectivity index (χ4v) is 9.17. The zero-order valence-electron chi connectivity index (χ0n) is 21.5. The van der Waals surface area contributed by atoms with Crippen molar-refractivity contribution in [3.8, 4) is 5.75 Å². The third-order valence-corrected chi connectivity index (χ3v) is 11.1. The van der Waals surface area contributed by atoms with Crippen LogP contribution in [-0.2, 0) is 15.0 Å². The van der Waals surface area contributed by atoms with Crippen molar-refractivity contribution < 1.29 is 19.4 Å². The Morgan fingerprint density at radius 3 is 2.63 bits per heavy atom. The third-order valence-electron chi connectivity index (χ3n) is 11.1. The number of nitrogens with one attached hydrogen (secondary N) is 1. The lowest BCUT2D eigenvalue weighted by Crippen LogP contribution is -2.82. The molecule has 5 fully saturated rings. The number of hydrogen-bond acceptors (Lipinski definition) is 5. The number of anilines is 1. The van der Waals surface area contributed by atoms with Crippen molar-refractivity contribution in [2.45, 2.75) is 81.6 Å². The molecule has 0 radical (unpaired) electrons. The van der Waals surface area contributed by atoms with Crippen molar-refractivity contribution in [2.75, 3.05) is 25.5 Å². The number of nitrogens with zero attached hydrogens (tertiary/aromatic N) is 2. The van der Waals surface area contributed by atoms with Crippen LogP contribution in [0.3, 0.4) is 0 Å². The van der Waals surface area contributed by atoms with E-state index in [1.165, 1.54) is 0 Å². The number of piperidine rings is 2. The first-order valence-electron chi connectivity index (χ1n) is 12.9. The fraction of sp³-hybridized carbons (Fsp3) is 0.643. The number of carbonyl (C=O) groups excluding carboxylic acids is 2. The van der Waals surface area contributed by atoms with Gasteiger partial charge in [-0.25, -0.2) is 0 Å². The van der Waals surface area contributed by atoms with Crippen molar-refractivity contribution in [1.29, 1.82) is 0 Å². The van der Waals surface area contributed by atoms with E-state index in [0.29, 0.717) is 32.4 Å². The maximum atomic E-state index is 14.1. The lowest BCUT2D eigenvalue weighted by atomic mass is 9.55. The molecule has 1 aliphatic carbocycles. The van der Waals surface area contributed by atoms with E-state index in [-0.39, 0.29) is 17.7 Å². The summed E-state index contributed by atoms with van der Waals surface area (Å²) in [5.41, 5.74) is -1.26. The van der Waals surface area contributed by atoms with E-state index in [1.54, 1.807) is 0 Å². The van der Waals surface area contributed by atoms with E-state index >= 15 is 0 Å². The zero-order chi connectivity index (χ0) is 25.0. The molecule has 2 amide bonds. The first-order chi connectivity index (χ1) is 16.2. The van der Waals surface area contributed by atoms with Crippen LogP contribution in [0, 0.1) is 11.3 Å². The molecule has 6 aliphatic heterocycles. The summed E-state index contributed by atoms with van der Waals surface area (Å²) < 4.78 is 6.20. The lowest BCUT2D eigenvalue weighted by Gasteiger charge is -2.65. The Kier molecular flexibility index (Phi) is 3.61. The van der Waals surface area contributed by atoms with E-state index in [1.807, 2.05) is 44.9 Å². The molecular weight excluding hydrogens is 442 g/mol. The van der Waals surface area contributed by atoms with Crippen molar-refractivity contribution in [1.82, 2.24) is 9.80 Å². The molecule has 1 aromatic rings. The average Bonchev–Trinajstić information content (AvgIpc) is 3.29. The van der Waals surface area contributed by atoms with Gasteiger partial charge in [0, 0.05) is 25.7 Å². The smallest absolute Gasteiger partial charge is 0.246 e. The first-order valence-corrected chi connectivity index (χ1v) is 12.9. The zero-order valence-corrected chi connectivity index (χ0v) is 21.5. The summed E-state index contributed by atoms with van der Waals surface area (Å²) in [6, 6.07) is 4.08. The standard InChI is InChI=1S/C28H35N3O4/c1-23(2)10-9-16-18(35-23)8-7-17-20(16)29-21(32)27(17)14-26-15-31-12-11-25(5,34)28(31,22(33)30(26)6)13-19(26)24(27,3)4/h7-10,19,34H,11-15H2,1-6H3,(H,29,32)/t19-,25+,26+,27+,28-/m0/s1. The van der Waals surface area contributed by atoms with Crippen molar-refractivity contribution in [2.24, 2.45) is 11.3 Å². The number of aliphatic hydroxyl groups is 1. The van der Waals surface area contributed by atoms with Crippen LogP contribution in [0.2, 0.25) is 0 Å². The predicted molar refractivity (Wildman–Crippen MR) is 132 cm³/mol. The summed E-state index contributed by atoms with van der Waals surface area (Å²) in [7, 11) is 1.90. The maximum Gasteiger partial charge on any atom is 0.246 e. The van der Waals surface area contributed by atoms with Gasteiger partial charge < -0.3 is 20.1 Å². The minimum Gasteiger partial charge on any atom is -0.483 e. The number of amides is 2. The number of hydrogen-bond donors (Lipinski definition) is 2. The Labute approximate surface area is 206 Å². The number of benzene rings is 1. The highest BCUT2D eigenvalue weighted by molar-refractivity contribution is 6.10. The van der Waals surface area contributed by atoms with Crippen LogP contribution in [0.1, 0.15) is 65.0 Å². The summed E-state index contributed by atoms with van der Waals surface area (Å²) >= 11 is 0. The second kappa shape index (κ2) is 5.78. The summed E-state index contributed by atoms with van der Waals surface area (Å²) in [4.78, 5) is 32.2. The highest BCUT2D eigenvalue weighted by Crippen LogP contribution is 2.72. The van der Waals surface area contributed by atoms with E-state index in [4.69, 9.17) is 4.74 Å². The van der Waals surface area contributed by atoms with Gasteiger partial charge in [0.25, 0.3) is 0 Å². The SMILES string of the molecule is CN1C(=O)[C@]23C[C@H]4C(C)(C)[C@@]5(C[C@@]41CN2CC[C@@]3(C)O)C(=O)Nc1c5ccc2c1C=CC(C)(C)O2. The molecule has 2 N–H and O–H groups in total. The monoisotopic (exact) mass is 477 g/mol. The molecule has 7 heteroatoms. The molecule has 1 aromatic carbocycles. The predicted octanol–water partition coefficient (Wildman–Crippen LogP) is 2.92. The highest BCUT2D eigenvalue weighted by atomic mass is 16.5. The Bertz CT molecular complexity index is 1260. The van der Waals surface area contributed by atoms with Crippen LogP contribution < -0.4 is 10.1 Å². The highest BCUT2D eigenvalue weighted by Gasteiger charge is 2.82. The van der Waals surface area contributed by atoms with Crippen LogP contribution in [-0.4, -0.2) is 69.1 Å². The number of fused-ring (bicyclic) bond motifs is 5. The minimum atomic E-state index is -1.08. The van der Waals surface area contributed by atoms with E-state index < -0.39 is 33.1 Å². The largest absolute Gasteiger partial charge is 0.483 e. The normalized spacial score (nSPS) is 43.6. The molecule has 8 rings (SSSR count). The van der Waals surface area contributed by atoms with Gasteiger partial charge >= 0.3 is 0 Å². The molecule has 1 saturated carbocycles. The molecule has 2 bridgehead atoms. The van der Waals surface area contributed by atoms with E-state index in [9.17, 15) is 14.7 Å². The number of likely N-dealkylation sites (N-methyl/N-ethyl adjacent to an activating group) is 1. The Balaban J connectivity index is 1.43. The van der Waals surface area contributed by atoms with Crippen LogP contribution in [0.4, 0.5) is 5.69 Å².